The Balaban J connectivity index is 0.000000191. The van der Waals surface area contributed by atoms with Crippen LogP contribution in [0.15, 0.2) is 237 Å². The number of phenolic OH excluding ortho intramolecular Hbond substituents is 3. The lowest BCUT2D eigenvalue weighted by molar-refractivity contribution is -0.132. The Morgan fingerprint density at radius 3 is 0.670 bits per heavy atom. The number of methoxy groups -OCH3 is 7. The topological polar surface area (TPSA) is 152 Å². The molecule has 0 saturated carbocycles. The quantitative estimate of drug-likeness (QED) is 0.0378. The van der Waals surface area contributed by atoms with Gasteiger partial charge in [-0.2, -0.15) is 0 Å². The van der Waals surface area contributed by atoms with Gasteiger partial charge in [0.25, 0.3) is 0 Å². The van der Waals surface area contributed by atoms with E-state index in [0.717, 1.165) is 72.9 Å². The zero-order valence-corrected chi connectivity index (χ0v) is 69.5. The SMILES string of the molecule is COc1cc(/C=C/c2ccc(C)c(C)c2)ccc1O.COc1cc(/C=C/c2ccc(C)c(C)c2)ccc1OC(C)=O.COc1ccc(/C=C/c2ccc(C)c(C)c2)cc1.COc1ccc(/C=C/c2ccc(C)c(C)c2)cc1.COc1ccc(/C=C/c2ccc(O)c(C)c2)cc1.COc1ccc(/C=C/c2ccc(O)c(C)c2)cc1OC. The number of ether oxygens (including phenoxy) is 8. The molecule has 0 aliphatic rings. The van der Waals surface area contributed by atoms with E-state index in [9.17, 15) is 20.1 Å². The van der Waals surface area contributed by atoms with E-state index < -0.39 is 0 Å². The molecule has 0 aromatic heterocycles. The van der Waals surface area contributed by atoms with Crippen LogP contribution < -0.4 is 37.9 Å². The van der Waals surface area contributed by atoms with Crippen LogP contribution in [0.1, 0.15) is 129 Å². The van der Waals surface area contributed by atoms with Crippen LogP contribution >= 0.6 is 0 Å². The summed E-state index contributed by atoms with van der Waals surface area (Å²) in [6.45, 7) is 22.1. The summed E-state index contributed by atoms with van der Waals surface area (Å²) in [7, 11) is 11.4. The zero-order valence-electron chi connectivity index (χ0n) is 69.5. The van der Waals surface area contributed by atoms with Crippen molar-refractivity contribution in [3.05, 3.63) is 359 Å². The minimum absolute atomic E-state index is 0.158. The number of hydrogen-bond donors (Lipinski definition) is 3. The van der Waals surface area contributed by atoms with Gasteiger partial charge in [-0.05, 0) is 289 Å². The average Bonchev–Trinajstić information content (AvgIpc) is 0.857. The number of carbonyl (C=O) groups is 1. The lowest BCUT2D eigenvalue weighted by Gasteiger charge is -2.08. The van der Waals surface area contributed by atoms with E-state index in [1.54, 1.807) is 74.0 Å². The maximum Gasteiger partial charge on any atom is 0.308 e. The van der Waals surface area contributed by atoms with Gasteiger partial charge in [-0.1, -0.05) is 212 Å². The fourth-order valence-electron chi connectivity index (χ4n) is 11.1. The molecule has 0 bridgehead atoms. The van der Waals surface area contributed by atoms with E-state index in [4.69, 9.17) is 37.9 Å². The highest BCUT2D eigenvalue weighted by Gasteiger charge is 2.09. The van der Waals surface area contributed by atoms with E-state index in [1.165, 1.54) is 73.7 Å². The molecule has 0 spiro atoms. The fraction of sp³-hybridized carbons (Fsp3) is 0.175. The third-order valence-electron chi connectivity index (χ3n) is 18.8. The predicted molar refractivity (Wildman–Crippen MR) is 480 cm³/mol. The Morgan fingerprint density at radius 2 is 0.417 bits per heavy atom. The summed E-state index contributed by atoms with van der Waals surface area (Å²) in [6.07, 6.45) is 24.7. The molecule has 0 atom stereocenters. The van der Waals surface area contributed by atoms with Gasteiger partial charge < -0.3 is 53.2 Å². The second-order valence-electron chi connectivity index (χ2n) is 27.3. The number of aromatic hydroxyl groups is 3. The average molecular weight is 1540 g/mol. The van der Waals surface area contributed by atoms with Crippen LogP contribution in [0.5, 0.6) is 63.2 Å². The summed E-state index contributed by atoms with van der Waals surface area (Å²) in [5, 5.41) is 28.5. The Kier molecular flexibility index (Phi) is 35.3. The molecule has 0 heterocycles. The standard InChI is InChI=1S/C19H20O3.C17H18O3.C17H18O2.2C17H18O.C16H16O2/c1-13-5-6-16(11-14(13)2)7-8-17-9-10-18(22-15(3)20)19(12-17)21-4;1-12-10-13(6-8-15(12)18)4-5-14-7-9-16(19-2)17(11-14)20-3;1-12-4-5-14(10-13(12)2)6-7-15-8-9-16(18)17(11-15)19-3;2*1-13-4-5-16(12-14(13)2)7-6-15-8-10-17(18-3)11-9-15;1-12-11-14(7-10-16(12)17)4-3-13-5-8-15(18-2)9-6-13/h5-12H,1-4H3;4-11,18H,1-3H3;4-11,18H,1-3H3;2*4-12H,1-3H3;3-11,17H,1-2H3/b8-7+;5-4+;3*7-6+;4-3+. The fourth-order valence-corrected chi connectivity index (χ4v) is 11.1. The van der Waals surface area contributed by atoms with Crippen molar-refractivity contribution < 1.29 is 58.0 Å². The van der Waals surface area contributed by atoms with Crippen LogP contribution in [0.3, 0.4) is 0 Å². The van der Waals surface area contributed by atoms with E-state index >= 15 is 0 Å². The van der Waals surface area contributed by atoms with Gasteiger partial charge in [0.05, 0.1) is 49.8 Å². The van der Waals surface area contributed by atoms with Crippen molar-refractivity contribution >= 4 is 78.9 Å². The maximum absolute atomic E-state index is 11.0. The molecule has 0 amide bonds. The summed E-state index contributed by atoms with van der Waals surface area (Å²) in [5.41, 5.74) is 25.5. The maximum atomic E-state index is 11.0. The first-order valence-electron chi connectivity index (χ1n) is 37.6. The van der Waals surface area contributed by atoms with Crippen molar-refractivity contribution in [2.75, 3.05) is 49.8 Å². The van der Waals surface area contributed by atoms with E-state index in [-0.39, 0.29) is 11.7 Å². The number of rotatable bonds is 20. The molecule has 0 aliphatic carbocycles. The Bertz CT molecular complexity index is 5080. The molecular formula is C103H108O12. The number of hydrogen-bond acceptors (Lipinski definition) is 12. The van der Waals surface area contributed by atoms with Crippen LogP contribution in [0, 0.1) is 69.2 Å². The molecule has 12 rings (SSSR count). The first-order valence-corrected chi connectivity index (χ1v) is 37.6. The molecule has 12 aromatic rings. The van der Waals surface area contributed by atoms with Crippen molar-refractivity contribution in [2.45, 2.75) is 76.2 Å². The highest BCUT2D eigenvalue weighted by Crippen LogP contribution is 2.32. The molecule has 0 fully saturated rings. The van der Waals surface area contributed by atoms with Crippen LogP contribution in [-0.2, 0) is 4.79 Å². The van der Waals surface area contributed by atoms with E-state index in [0.29, 0.717) is 40.2 Å². The number of carbonyl (C=O) groups excluding carboxylic acids is 1. The summed E-state index contributed by atoms with van der Waals surface area (Å²) in [4.78, 5) is 11.0. The minimum Gasteiger partial charge on any atom is -0.508 e. The monoisotopic (exact) mass is 1540 g/mol. The molecule has 0 radical (unpaired) electrons. The molecule has 12 heteroatoms. The van der Waals surface area contributed by atoms with Crippen molar-refractivity contribution in [3.63, 3.8) is 0 Å². The molecule has 115 heavy (non-hydrogen) atoms. The zero-order chi connectivity index (χ0) is 83.3. The molecule has 3 N–H and O–H groups in total. The van der Waals surface area contributed by atoms with Gasteiger partial charge in [-0.15, -0.1) is 0 Å². The van der Waals surface area contributed by atoms with Gasteiger partial charge in [0.1, 0.15) is 28.7 Å². The summed E-state index contributed by atoms with van der Waals surface area (Å²) < 4.78 is 41.3. The van der Waals surface area contributed by atoms with Crippen LogP contribution in [-0.4, -0.2) is 71.1 Å². The molecule has 0 saturated heterocycles. The van der Waals surface area contributed by atoms with Crippen molar-refractivity contribution in [2.24, 2.45) is 0 Å². The molecule has 12 nitrogen and oxygen atoms in total. The third-order valence-corrected chi connectivity index (χ3v) is 18.8. The highest BCUT2D eigenvalue weighted by molar-refractivity contribution is 5.77. The predicted octanol–water partition coefficient (Wildman–Crippen LogP) is 25.3. The van der Waals surface area contributed by atoms with Crippen molar-refractivity contribution in [1.82, 2.24) is 0 Å². The second-order valence-corrected chi connectivity index (χ2v) is 27.3. The van der Waals surface area contributed by atoms with Gasteiger partial charge in [-0.25, -0.2) is 0 Å². The Morgan fingerprint density at radius 1 is 0.209 bits per heavy atom. The first kappa shape index (κ1) is 88.8. The van der Waals surface area contributed by atoms with Gasteiger partial charge in [0.2, 0.25) is 0 Å². The van der Waals surface area contributed by atoms with Crippen molar-refractivity contribution in [1.29, 1.82) is 0 Å². The Labute approximate surface area is 681 Å². The van der Waals surface area contributed by atoms with Crippen LogP contribution in [0.25, 0.3) is 72.9 Å². The lowest BCUT2D eigenvalue weighted by atomic mass is 10.1. The van der Waals surface area contributed by atoms with Gasteiger partial charge in [0.15, 0.2) is 34.5 Å². The van der Waals surface area contributed by atoms with E-state index in [1.807, 2.05) is 172 Å². The number of phenols is 3. The van der Waals surface area contributed by atoms with Gasteiger partial charge >= 0.3 is 5.97 Å². The molecule has 0 unspecified atom stereocenters. The molecule has 0 aliphatic heterocycles. The highest BCUT2D eigenvalue weighted by atomic mass is 16.6. The summed E-state index contributed by atoms with van der Waals surface area (Å²) in [5.74, 6) is 5.94. The van der Waals surface area contributed by atoms with Crippen molar-refractivity contribution in [3.8, 4) is 63.2 Å². The molecule has 12 aromatic carbocycles. The number of esters is 1. The first-order chi connectivity index (χ1) is 55.3. The molecule has 592 valence electrons. The van der Waals surface area contributed by atoms with Crippen LogP contribution in [0.2, 0.25) is 0 Å². The lowest BCUT2D eigenvalue weighted by Crippen LogP contribution is -2.02. The molecular weight excluding hydrogens is 1430 g/mol. The summed E-state index contributed by atoms with van der Waals surface area (Å²) >= 11 is 0. The summed E-state index contributed by atoms with van der Waals surface area (Å²) in [6, 6.07) is 77.3. The Hall–Kier alpha value is -13.5. The van der Waals surface area contributed by atoms with Gasteiger partial charge in [-0.3, -0.25) is 4.79 Å². The van der Waals surface area contributed by atoms with Gasteiger partial charge in [0, 0.05) is 6.92 Å². The van der Waals surface area contributed by atoms with E-state index in [2.05, 4.69) is 183 Å². The number of benzene rings is 12. The van der Waals surface area contributed by atoms with Crippen LogP contribution in [0.4, 0.5) is 0 Å². The smallest absolute Gasteiger partial charge is 0.308 e. The minimum atomic E-state index is -0.364. The number of aryl methyl sites for hydroxylation is 10. The second kappa shape index (κ2) is 45.8. The largest absolute Gasteiger partial charge is 0.508 e. The third kappa shape index (κ3) is 29.6. The normalized spacial score (nSPS) is 10.8.